The third kappa shape index (κ3) is 3.35. The van der Waals surface area contributed by atoms with Gasteiger partial charge in [0.1, 0.15) is 5.84 Å². The van der Waals surface area contributed by atoms with Gasteiger partial charge >= 0.3 is 0 Å². The van der Waals surface area contributed by atoms with Gasteiger partial charge in [-0.1, -0.05) is 19.0 Å². The van der Waals surface area contributed by atoms with Crippen molar-refractivity contribution in [2.75, 3.05) is 13.1 Å². The largest absolute Gasteiger partial charge is 0.409 e. The Kier molecular flexibility index (Phi) is 4.15. The summed E-state index contributed by atoms with van der Waals surface area (Å²) in [6.07, 6.45) is 3.68. The molecule has 1 saturated carbocycles. The van der Waals surface area contributed by atoms with Crippen LogP contribution in [0.2, 0.25) is 0 Å². The Hall–Kier alpha value is -0.810. The molecule has 0 bridgehead atoms. The van der Waals surface area contributed by atoms with Crippen LogP contribution in [0.1, 0.15) is 39.5 Å². The van der Waals surface area contributed by atoms with E-state index in [9.17, 15) is 5.11 Å². The number of rotatable bonds is 6. The first kappa shape index (κ1) is 13.3. The first-order valence-corrected chi connectivity index (χ1v) is 5.81. The highest BCUT2D eigenvalue weighted by atomic mass is 16.4. The van der Waals surface area contributed by atoms with E-state index in [1.54, 1.807) is 0 Å². The molecule has 0 spiro atoms. The molecule has 0 aromatic rings. The molecule has 1 aliphatic rings. The predicted molar refractivity (Wildman–Crippen MR) is 63.5 cm³/mol. The molecule has 1 aliphatic carbocycles. The van der Waals surface area contributed by atoms with E-state index in [0.717, 1.165) is 32.2 Å². The lowest BCUT2D eigenvalue weighted by atomic mass is 9.80. The molecular formula is C11H23N3O2. The number of hydrogen-bond donors (Lipinski definition) is 4. The predicted octanol–water partition coefficient (Wildman–Crippen LogP) is 0.654. The fraction of sp³-hybridized carbons (Fsp3) is 0.909. The van der Waals surface area contributed by atoms with Gasteiger partial charge in [-0.25, -0.2) is 0 Å². The number of nitrogens with zero attached hydrogens (tertiary/aromatic N) is 1. The summed E-state index contributed by atoms with van der Waals surface area (Å²) in [5.41, 5.74) is 4.78. The lowest BCUT2D eigenvalue weighted by Crippen LogP contribution is -2.47. The molecule has 16 heavy (non-hydrogen) atoms. The van der Waals surface area contributed by atoms with Crippen LogP contribution < -0.4 is 11.1 Å². The van der Waals surface area contributed by atoms with E-state index in [1.807, 2.05) is 13.8 Å². The Balaban J connectivity index is 2.19. The lowest BCUT2D eigenvalue weighted by Gasteiger charge is -2.37. The molecule has 0 heterocycles. The third-order valence-corrected chi connectivity index (χ3v) is 3.47. The van der Waals surface area contributed by atoms with Gasteiger partial charge in [0.05, 0.1) is 5.60 Å². The zero-order valence-corrected chi connectivity index (χ0v) is 10.2. The van der Waals surface area contributed by atoms with E-state index in [2.05, 4.69) is 10.5 Å². The molecule has 0 amide bonds. The molecule has 0 unspecified atom stereocenters. The van der Waals surface area contributed by atoms with Crippen molar-refractivity contribution < 1.29 is 10.3 Å². The Bertz CT molecular complexity index is 260. The van der Waals surface area contributed by atoms with Gasteiger partial charge in [-0.05, 0) is 32.2 Å². The van der Waals surface area contributed by atoms with Crippen LogP contribution in [0.5, 0.6) is 0 Å². The third-order valence-electron chi connectivity index (χ3n) is 3.47. The maximum absolute atomic E-state index is 9.84. The molecule has 94 valence electrons. The lowest BCUT2D eigenvalue weighted by molar-refractivity contribution is -0.0313. The van der Waals surface area contributed by atoms with Crippen molar-refractivity contribution in [3.8, 4) is 0 Å². The highest BCUT2D eigenvalue weighted by molar-refractivity contribution is 5.85. The molecule has 0 aromatic carbocycles. The summed E-state index contributed by atoms with van der Waals surface area (Å²) in [5.74, 6) is 0.247. The highest BCUT2D eigenvalue weighted by Gasteiger charge is 2.33. The number of oxime groups is 1. The van der Waals surface area contributed by atoms with E-state index in [-0.39, 0.29) is 11.3 Å². The van der Waals surface area contributed by atoms with Crippen LogP contribution in [0.15, 0.2) is 5.16 Å². The minimum atomic E-state index is -0.485. The molecular weight excluding hydrogens is 206 g/mol. The van der Waals surface area contributed by atoms with Gasteiger partial charge in [0.2, 0.25) is 0 Å². The second-order valence-corrected chi connectivity index (χ2v) is 5.37. The van der Waals surface area contributed by atoms with Gasteiger partial charge in [0.25, 0.3) is 0 Å². The van der Waals surface area contributed by atoms with Crippen molar-refractivity contribution in [2.45, 2.75) is 45.1 Å². The van der Waals surface area contributed by atoms with Crippen LogP contribution in [0, 0.1) is 5.41 Å². The summed E-state index contributed by atoms with van der Waals surface area (Å²) in [5, 5.41) is 24.7. The summed E-state index contributed by atoms with van der Waals surface area (Å²) in [6, 6.07) is 0. The first-order valence-electron chi connectivity index (χ1n) is 5.81. The Morgan fingerprint density at radius 1 is 1.50 bits per heavy atom. The van der Waals surface area contributed by atoms with Crippen LogP contribution in [0.3, 0.4) is 0 Å². The number of aliphatic hydroxyl groups is 1. The van der Waals surface area contributed by atoms with Crippen LogP contribution >= 0.6 is 0 Å². The SMILES string of the molecule is CC(C)(CCNCC1(O)CCC1)C(N)=NO. The van der Waals surface area contributed by atoms with Crippen molar-refractivity contribution in [2.24, 2.45) is 16.3 Å². The molecule has 0 radical (unpaired) electrons. The Morgan fingerprint density at radius 3 is 2.56 bits per heavy atom. The molecule has 5 N–H and O–H groups in total. The minimum Gasteiger partial charge on any atom is -0.409 e. The standard InChI is InChI=1S/C11H23N3O2/c1-10(2,9(12)14-16)6-7-13-8-11(15)4-3-5-11/h13,15-16H,3-8H2,1-2H3,(H2,12,14). The molecule has 0 aliphatic heterocycles. The Labute approximate surface area is 96.7 Å². The van der Waals surface area contributed by atoms with Crippen molar-refractivity contribution in [3.05, 3.63) is 0 Å². The van der Waals surface area contributed by atoms with Gasteiger partial charge in [-0.2, -0.15) is 0 Å². The highest BCUT2D eigenvalue weighted by Crippen LogP contribution is 2.30. The van der Waals surface area contributed by atoms with Crippen molar-refractivity contribution in [1.82, 2.24) is 5.32 Å². The first-order chi connectivity index (χ1) is 7.40. The topological polar surface area (TPSA) is 90.9 Å². The summed E-state index contributed by atoms with van der Waals surface area (Å²) in [4.78, 5) is 0. The molecule has 0 saturated heterocycles. The van der Waals surface area contributed by atoms with Crippen LogP contribution in [-0.2, 0) is 0 Å². The Morgan fingerprint density at radius 2 is 2.12 bits per heavy atom. The van der Waals surface area contributed by atoms with Gasteiger partial charge in [0.15, 0.2) is 0 Å². The zero-order valence-electron chi connectivity index (χ0n) is 10.2. The van der Waals surface area contributed by atoms with Crippen LogP contribution in [0.4, 0.5) is 0 Å². The number of nitrogens with one attached hydrogen (secondary N) is 1. The quantitative estimate of drug-likeness (QED) is 0.177. The van der Waals surface area contributed by atoms with Crippen molar-refractivity contribution in [3.63, 3.8) is 0 Å². The minimum absolute atomic E-state index is 0.247. The van der Waals surface area contributed by atoms with Crippen LogP contribution in [-0.4, -0.2) is 34.8 Å². The maximum Gasteiger partial charge on any atom is 0.144 e. The summed E-state index contributed by atoms with van der Waals surface area (Å²) < 4.78 is 0. The average Bonchev–Trinajstić information content (AvgIpc) is 2.20. The fourth-order valence-electron chi connectivity index (χ4n) is 1.75. The summed E-state index contributed by atoms with van der Waals surface area (Å²) in [6.45, 7) is 5.26. The van der Waals surface area contributed by atoms with Gasteiger partial charge in [-0.3, -0.25) is 0 Å². The van der Waals surface area contributed by atoms with E-state index in [1.165, 1.54) is 0 Å². The van der Waals surface area contributed by atoms with Gasteiger partial charge in [-0.15, -0.1) is 0 Å². The zero-order chi connectivity index (χ0) is 12.2. The second kappa shape index (κ2) is 5.01. The molecule has 1 rings (SSSR count). The summed E-state index contributed by atoms with van der Waals surface area (Å²) >= 11 is 0. The van der Waals surface area contributed by atoms with E-state index >= 15 is 0 Å². The molecule has 5 nitrogen and oxygen atoms in total. The van der Waals surface area contributed by atoms with Crippen LogP contribution in [0.25, 0.3) is 0 Å². The normalized spacial score (nSPS) is 20.6. The van der Waals surface area contributed by atoms with Crippen molar-refractivity contribution >= 4 is 5.84 Å². The molecule has 5 heteroatoms. The number of nitrogens with two attached hydrogens (primary N) is 1. The second-order valence-electron chi connectivity index (χ2n) is 5.37. The smallest absolute Gasteiger partial charge is 0.144 e. The summed E-state index contributed by atoms with van der Waals surface area (Å²) in [7, 11) is 0. The van der Waals surface area contributed by atoms with E-state index in [4.69, 9.17) is 10.9 Å². The fourth-order valence-corrected chi connectivity index (χ4v) is 1.75. The van der Waals surface area contributed by atoms with Crippen molar-refractivity contribution in [1.29, 1.82) is 0 Å². The maximum atomic E-state index is 9.84. The molecule has 0 atom stereocenters. The van der Waals surface area contributed by atoms with Gasteiger partial charge < -0.3 is 21.4 Å². The van der Waals surface area contributed by atoms with Gasteiger partial charge in [0, 0.05) is 12.0 Å². The molecule has 0 aromatic heterocycles. The number of amidine groups is 1. The molecule has 1 fully saturated rings. The van der Waals surface area contributed by atoms with E-state index < -0.39 is 5.60 Å². The monoisotopic (exact) mass is 229 g/mol. The number of hydrogen-bond acceptors (Lipinski definition) is 4. The average molecular weight is 229 g/mol. The van der Waals surface area contributed by atoms with E-state index in [0.29, 0.717) is 6.54 Å².